The summed E-state index contributed by atoms with van der Waals surface area (Å²) in [7, 11) is -0.432. The first-order valence-electron chi connectivity index (χ1n) is 9.14. The van der Waals surface area contributed by atoms with E-state index in [1.165, 1.54) is 17.9 Å². The van der Waals surface area contributed by atoms with Crippen molar-refractivity contribution in [2.45, 2.75) is 44.2 Å². The molecule has 6 heteroatoms. The van der Waals surface area contributed by atoms with Crippen molar-refractivity contribution in [3.63, 3.8) is 0 Å². The minimum atomic E-state index is -0.432. The molecule has 3 heterocycles. The van der Waals surface area contributed by atoms with Gasteiger partial charge in [-0.2, -0.15) is 4.98 Å². The van der Waals surface area contributed by atoms with Gasteiger partial charge in [0.1, 0.15) is 17.4 Å². The van der Waals surface area contributed by atoms with Crippen LogP contribution in [0.4, 0.5) is 0 Å². The maximum atomic E-state index is 12.6. The van der Waals surface area contributed by atoms with Crippen LogP contribution in [0.15, 0.2) is 18.2 Å². The lowest BCUT2D eigenvalue weighted by Crippen LogP contribution is -2.39. The molecule has 2 fully saturated rings. The molecule has 2 aliphatic rings. The molecule has 5 nitrogen and oxygen atoms in total. The van der Waals surface area contributed by atoms with Crippen LogP contribution in [0.3, 0.4) is 0 Å². The highest BCUT2D eigenvalue weighted by Gasteiger charge is 2.25. The number of aromatic nitrogens is 2. The van der Waals surface area contributed by atoms with Gasteiger partial charge in [0.2, 0.25) is 5.88 Å². The van der Waals surface area contributed by atoms with Crippen LogP contribution >= 0.6 is 10.0 Å². The molecule has 0 bridgehead atoms. The molecule has 0 unspecified atom stereocenters. The van der Waals surface area contributed by atoms with Crippen LogP contribution in [-0.2, 0) is 0 Å². The Kier molecular flexibility index (Phi) is 4.40. The van der Waals surface area contributed by atoms with Crippen LogP contribution in [0.25, 0.3) is 11.0 Å². The summed E-state index contributed by atoms with van der Waals surface area (Å²) in [5, 5.41) is 4.13. The summed E-state index contributed by atoms with van der Waals surface area (Å²) in [5.74, 6) is 3.10. The van der Waals surface area contributed by atoms with E-state index in [0.29, 0.717) is 23.7 Å². The Morgan fingerprint density at radius 1 is 1.24 bits per heavy atom. The van der Waals surface area contributed by atoms with Gasteiger partial charge in [-0.15, -0.1) is 0 Å². The quantitative estimate of drug-likeness (QED) is 0.876. The number of fused-ring (bicyclic) bond motifs is 1. The molecule has 1 aliphatic carbocycles. The summed E-state index contributed by atoms with van der Waals surface area (Å²) in [6.07, 6.45) is 10.7. The van der Waals surface area contributed by atoms with E-state index < -0.39 is 10.0 Å². The van der Waals surface area contributed by atoms with Crippen molar-refractivity contribution in [2.75, 3.05) is 24.0 Å². The predicted octanol–water partition coefficient (Wildman–Crippen LogP) is 3.45. The van der Waals surface area contributed by atoms with Crippen LogP contribution < -0.4 is 10.1 Å². The third-order valence-corrected chi connectivity index (χ3v) is 8.09. The summed E-state index contributed by atoms with van der Waals surface area (Å²) < 4.78 is 5.84. The molecule has 1 aliphatic heterocycles. The van der Waals surface area contributed by atoms with Gasteiger partial charge in [0.05, 0.1) is 0 Å². The van der Waals surface area contributed by atoms with Gasteiger partial charge in [0.15, 0.2) is 0 Å². The Labute approximate surface area is 150 Å². The number of aromatic amines is 1. The second-order valence-corrected chi connectivity index (χ2v) is 12.2. The number of amides is 1. The van der Waals surface area contributed by atoms with Crippen molar-refractivity contribution < 1.29 is 9.53 Å². The van der Waals surface area contributed by atoms with Gasteiger partial charge < -0.3 is 15.0 Å². The number of nitrogens with zero attached hydrogens (tertiary/aromatic N) is 1. The second-order valence-electron chi connectivity index (χ2n) is 7.86. The molecule has 0 spiro atoms. The Morgan fingerprint density at radius 3 is 2.68 bits per heavy atom. The van der Waals surface area contributed by atoms with Crippen LogP contribution in [0.2, 0.25) is 0 Å². The van der Waals surface area contributed by atoms with Gasteiger partial charge in [0.25, 0.3) is 5.91 Å². The molecule has 2 N–H and O–H groups in total. The monoisotopic (exact) mass is 361 g/mol. The minimum absolute atomic E-state index is 0.0285. The van der Waals surface area contributed by atoms with E-state index in [1.54, 1.807) is 0 Å². The molecule has 4 rings (SSSR count). The first-order chi connectivity index (χ1) is 12.0. The highest BCUT2D eigenvalue weighted by Crippen LogP contribution is 2.44. The van der Waals surface area contributed by atoms with Gasteiger partial charge >= 0.3 is 0 Å². The Balaban J connectivity index is 1.42. The highest BCUT2D eigenvalue weighted by atomic mass is 32.3. The van der Waals surface area contributed by atoms with Gasteiger partial charge in [-0.1, -0.05) is 0 Å². The predicted molar refractivity (Wildman–Crippen MR) is 104 cm³/mol. The van der Waals surface area contributed by atoms with Gasteiger partial charge in [-0.25, -0.2) is 10.0 Å². The summed E-state index contributed by atoms with van der Waals surface area (Å²) in [4.78, 5) is 20.2. The van der Waals surface area contributed by atoms with Crippen LogP contribution in [0.1, 0.15) is 42.6 Å². The van der Waals surface area contributed by atoms with Crippen LogP contribution in [0, 0.1) is 0 Å². The number of carbonyl (C=O) groups excluding carboxylic acids is 1. The zero-order chi connectivity index (χ0) is 17.4. The molecule has 2 aromatic heterocycles. The average Bonchev–Trinajstić information content (AvgIpc) is 2.96. The maximum absolute atomic E-state index is 12.6. The van der Waals surface area contributed by atoms with Crippen LogP contribution in [-0.4, -0.2) is 52.0 Å². The zero-order valence-electron chi connectivity index (χ0n) is 15.0. The van der Waals surface area contributed by atoms with E-state index in [-0.39, 0.29) is 5.91 Å². The number of H-pyrrole nitrogens is 1. The Bertz CT molecular complexity index is 772. The molecule has 136 valence electrons. The van der Waals surface area contributed by atoms with Crippen molar-refractivity contribution in [3.05, 3.63) is 23.9 Å². The largest absolute Gasteiger partial charge is 0.474 e. The molecule has 1 saturated carbocycles. The Morgan fingerprint density at radius 2 is 2.00 bits per heavy atom. The fraction of sp³-hybridized carbons (Fsp3) is 0.579. The number of ether oxygens (including phenoxy) is 1. The van der Waals surface area contributed by atoms with Crippen molar-refractivity contribution in [1.29, 1.82) is 0 Å². The summed E-state index contributed by atoms with van der Waals surface area (Å²) >= 11 is 0. The van der Waals surface area contributed by atoms with Gasteiger partial charge in [-0.3, -0.25) is 4.79 Å². The lowest BCUT2D eigenvalue weighted by atomic mass is 9.96. The first-order valence-corrected chi connectivity index (χ1v) is 11.9. The average molecular weight is 362 g/mol. The highest BCUT2D eigenvalue weighted by molar-refractivity contribution is 8.32. The molecular weight excluding hydrogens is 334 g/mol. The van der Waals surface area contributed by atoms with E-state index in [9.17, 15) is 4.79 Å². The van der Waals surface area contributed by atoms with Crippen molar-refractivity contribution in [3.8, 4) is 5.88 Å². The van der Waals surface area contributed by atoms with E-state index in [2.05, 4.69) is 27.8 Å². The minimum Gasteiger partial charge on any atom is -0.474 e. The molecular formula is C19H27N3O2S. The fourth-order valence-corrected chi connectivity index (χ4v) is 5.46. The number of hydrogen-bond acceptors (Lipinski definition) is 3. The third-order valence-electron chi connectivity index (χ3n) is 5.41. The third kappa shape index (κ3) is 3.78. The van der Waals surface area contributed by atoms with E-state index in [4.69, 9.17) is 4.74 Å². The smallest absolute Gasteiger partial charge is 0.267 e. The number of nitrogens with one attached hydrogen (secondary N) is 2. The summed E-state index contributed by atoms with van der Waals surface area (Å²) in [5.41, 5.74) is 1.30. The SMILES string of the molecule is CS1(C)CCC(NC(=O)c2cc3ccc(OC4CCC4)nc3[nH]2)CC1. The van der Waals surface area contributed by atoms with E-state index in [1.807, 2.05) is 18.2 Å². The number of carbonyl (C=O) groups is 1. The Hall–Kier alpha value is -1.69. The second kappa shape index (κ2) is 6.56. The molecule has 0 atom stereocenters. The molecule has 1 saturated heterocycles. The normalized spacial score (nSPS) is 22.3. The molecule has 0 radical (unpaired) electrons. The fourth-order valence-electron chi connectivity index (χ4n) is 3.41. The lowest BCUT2D eigenvalue weighted by Gasteiger charge is -2.39. The molecule has 1 amide bonds. The summed E-state index contributed by atoms with van der Waals surface area (Å²) in [6.45, 7) is 0. The topological polar surface area (TPSA) is 67.0 Å². The van der Waals surface area contributed by atoms with Crippen molar-refractivity contribution >= 4 is 27.0 Å². The lowest BCUT2D eigenvalue weighted by molar-refractivity contribution is 0.0930. The zero-order valence-corrected chi connectivity index (χ0v) is 15.8. The van der Waals surface area contributed by atoms with Gasteiger partial charge in [0, 0.05) is 17.5 Å². The van der Waals surface area contributed by atoms with Crippen molar-refractivity contribution in [1.82, 2.24) is 15.3 Å². The van der Waals surface area contributed by atoms with Crippen molar-refractivity contribution in [2.24, 2.45) is 0 Å². The first kappa shape index (κ1) is 16.8. The van der Waals surface area contributed by atoms with Crippen LogP contribution in [0.5, 0.6) is 5.88 Å². The molecule has 25 heavy (non-hydrogen) atoms. The standard InChI is InChI=1S/C19H27N3O2S/c1-25(2)10-8-14(9-11-25)20-19(23)16-12-13-6-7-17(22-18(13)21-16)24-15-4-3-5-15/h6-7,12,14-15H,3-5,8-11H2,1-2H3,(H,20,23)(H,21,22). The summed E-state index contributed by atoms with van der Waals surface area (Å²) in [6, 6.07) is 6.03. The molecule has 0 aromatic carbocycles. The van der Waals surface area contributed by atoms with Gasteiger partial charge in [-0.05, 0) is 68.3 Å². The molecule has 2 aromatic rings. The van der Waals surface area contributed by atoms with E-state index in [0.717, 1.165) is 36.7 Å². The number of hydrogen-bond donors (Lipinski definition) is 2. The number of pyridine rings is 1. The maximum Gasteiger partial charge on any atom is 0.267 e. The number of rotatable bonds is 4. The van der Waals surface area contributed by atoms with E-state index >= 15 is 0 Å².